The number of carbonyl (C=O) groups is 2. The second-order valence-electron chi connectivity index (χ2n) is 4.82. The van der Waals surface area contributed by atoms with Crippen LogP contribution in [-0.4, -0.2) is 34.7 Å². The Morgan fingerprint density at radius 3 is 2.44 bits per heavy atom. The second-order valence-corrected chi connectivity index (χ2v) is 4.82. The molecule has 1 aliphatic carbocycles. The number of amides is 1. The van der Waals surface area contributed by atoms with E-state index in [2.05, 4.69) is 5.32 Å². The molecule has 3 atom stereocenters. The van der Waals surface area contributed by atoms with Crippen LogP contribution in [0.3, 0.4) is 0 Å². The Labute approximate surface area is 94.8 Å². The summed E-state index contributed by atoms with van der Waals surface area (Å²) < 4.78 is 0. The number of carboxylic acids is 1. The van der Waals surface area contributed by atoms with Gasteiger partial charge in [-0.15, -0.1) is 0 Å². The first kappa shape index (κ1) is 13.0. The van der Waals surface area contributed by atoms with Crippen molar-refractivity contribution in [2.75, 3.05) is 6.54 Å². The molecular weight excluding hydrogens is 210 g/mol. The number of aliphatic carboxylic acids is 1. The average Bonchev–Trinajstić information content (AvgIpc) is 2.92. The van der Waals surface area contributed by atoms with Crippen LogP contribution in [0.5, 0.6) is 0 Å². The summed E-state index contributed by atoms with van der Waals surface area (Å²) in [5.41, 5.74) is 0. The summed E-state index contributed by atoms with van der Waals surface area (Å²) in [5.74, 6) is -1.72. The maximum atomic E-state index is 11.4. The molecule has 5 nitrogen and oxygen atoms in total. The summed E-state index contributed by atoms with van der Waals surface area (Å²) in [7, 11) is 0. The zero-order valence-corrected chi connectivity index (χ0v) is 9.64. The van der Waals surface area contributed by atoms with Gasteiger partial charge >= 0.3 is 5.97 Å². The lowest BCUT2D eigenvalue weighted by Gasteiger charge is -2.13. The molecule has 1 saturated carbocycles. The number of carboxylic acid groups (broad SMARTS) is 1. The zero-order valence-electron chi connectivity index (χ0n) is 9.64. The number of aliphatic hydroxyl groups excluding tert-OH is 1. The highest BCUT2D eigenvalue weighted by molar-refractivity contribution is 5.89. The van der Waals surface area contributed by atoms with Gasteiger partial charge in [0.2, 0.25) is 5.91 Å². The highest BCUT2D eigenvalue weighted by atomic mass is 16.4. The zero-order chi connectivity index (χ0) is 12.3. The summed E-state index contributed by atoms with van der Waals surface area (Å²) >= 11 is 0. The standard InChI is InChI=1S/C11H19NO4/c1-6(2)3-7(13)5-12-10(14)8-4-9(8)11(15)16/h6-9,13H,3-5H2,1-2H3,(H,12,14)(H,15,16)/t7?,8-,9+/m1/s1. The van der Waals surface area contributed by atoms with Crippen molar-refractivity contribution in [1.82, 2.24) is 5.32 Å². The van der Waals surface area contributed by atoms with E-state index in [1.807, 2.05) is 13.8 Å². The predicted octanol–water partition coefficient (Wildman–Crippen LogP) is 0.230. The molecule has 0 spiro atoms. The fourth-order valence-electron chi connectivity index (χ4n) is 1.73. The lowest BCUT2D eigenvalue weighted by atomic mass is 10.1. The van der Waals surface area contributed by atoms with Crippen LogP contribution in [0.25, 0.3) is 0 Å². The van der Waals surface area contributed by atoms with E-state index in [4.69, 9.17) is 5.11 Å². The molecule has 1 aliphatic rings. The van der Waals surface area contributed by atoms with Gasteiger partial charge in [0.15, 0.2) is 0 Å². The van der Waals surface area contributed by atoms with Gasteiger partial charge in [-0.1, -0.05) is 13.8 Å². The normalized spacial score (nSPS) is 25.2. The van der Waals surface area contributed by atoms with Crippen molar-refractivity contribution < 1.29 is 19.8 Å². The number of rotatable bonds is 6. The van der Waals surface area contributed by atoms with Gasteiger partial charge in [0, 0.05) is 6.54 Å². The van der Waals surface area contributed by atoms with Gasteiger partial charge in [-0.25, -0.2) is 0 Å². The molecule has 0 aliphatic heterocycles. The van der Waals surface area contributed by atoms with Crippen molar-refractivity contribution in [3.8, 4) is 0 Å². The van der Waals surface area contributed by atoms with Crippen LogP contribution in [-0.2, 0) is 9.59 Å². The molecule has 92 valence electrons. The summed E-state index contributed by atoms with van der Waals surface area (Å²) in [6, 6.07) is 0. The number of hydrogen-bond donors (Lipinski definition) is 3. The summed E-state index contributed by atoms with van der Waals surface area (Å²) in [5, 5.41) is 20.7. The third kappa shape index (κ3) is 3.81. The SMILES string of the molecule is CC(C)CC(O)CNC(=O)[C@@H]1C[C@@H]1C(=O)O. The van der Waals surface area contributed by atoms with Crippen LogP contribution in [0.2, 0.25) is 0 Å². The Bertz CT molecular complexity index is 277. The monoisotopic (exact) mass is 229 g/mol. The Morgan fingerprint density at radius 2 is 2.00 bits per heavy atom. The van der Waals surface area contributed by atoms with Crippen LogP contribution in [0.4, 0.5) is 0 Å². The molecule has 0 aromatic rings. The molecular formula is C11H19NO4. The quantitative estimate of drug-likeness (QED) is 0.608. The third-order valence-corrected chi connectivity index (χ3v) is 2.70. The molecule has 5 heteroatoms. The van der Waals surface area contributed by atoms with E-state index in [1.165, 1.54) is 0 Å². The van der Waals surface area contributed by atoms with Gasteiger partial charge < -0.3 is 15.5 Å². The molecule has 1 amide bonds. The van der Waals surface area contributed by atoms with Crippen molar-refractivity contribution >= 4 is 11.9 Å². The van der Waals surface area contributed by atoms with Crippen LogP contribution >= 0.6 is 0 Å². The molecule has 1 unspecified atom stereocenters. The largest absolute Gasteiger partial charge is 0.481 e. The summed E-state index contributed by atoms with van der Waals surface area (Å²) in [6.45, 7) is 4.19. The highest BCUT2D eigenvalue weighted by Gasteiger charge is 2.48. The number of nitrogens with one attached hydrogen (secondary N) is 1. The van der Waals surface area contributed by atoms with Crippen molar-refractivity contribution in [1.29, 1.82) is 0 Å². The van der Waals surface area contributed by atoms with Crippen molar-refractivity contribution in [3.63, 3.8) is 0 Å². The van der Waals surface area contributed by atoms with Crippen LogP contribution in [0.15, 0.2) is 0 Å². The molecule has 0 aromatic heterocycles. The van der Waals surface area contributed by atoms with Crippen LogP contribution < -0.4 is 5.32 Å². The Morgan fingerprint density at radius 1 is 1.38 bits per heavy atom. The lowest BCUT2D eigenvalue weighted by Crippen LogP contribution is -2.34. The van der Waals surface area contributed by atoms with Gasteiger partial charge in [0.1, 0.15) is 0 Å². The first-order chi connectivity index (χ1) is 7.41. The van der Waals surface area contributed by atoms with E-state index in [-0.39, 0.29) is 12.5 Å². The lowest BCUT2D eigenvalue weighted by molar-refractivity contribution is -0.140. The Balaban J connectivity index is 2.19. The number of hydrogen-bond acceptors (Lipinski definition) is 3. The second kappa shape index (κ2) is 5.30. The molecule has 1 fully saturated rings. The molecule has 0 radical (unpaired) electrons. The molecule has 0 bridgehead atoms. The Kier molecular flexibility index (Phi) is 4.29. The fourth-order valence-corrected chi connectivity index (χ4v) is 1.73. The maximum Gasteiger partial charge on any atom is 0.307 e. The first-order valence-corrected chi connectivity index (χ1v) is 5.60. The smallest absolute Gasteiger partial charge is 0.307 e. The van der Waals surface area contributed by atoms with Gasteiger partial charge in [-0.3, -0.25) is 9.59 Å². The van der Waals surface area contributed by atoms with Crippen molar-refractivity contribution in [2.45, 2.75) is 32.8 Å². The van der Waals surface area contributed by atoms with E-state index in [9.17, 15) is 14.7 Å². The fraction of sp³-hybridized carbons (Fsp3) is 0.818. The van der Waals surface area contributed by atoms with Crippen molar-refractivity contribution in [3.05, 3.63) is 0 Å². The molecule has 0 saturated heterocycles. The van der Waals surface area contributed by atoms with Gasteiger partial charge in [0.05, 0.1) is 17.9 Å². The molecule has 16 heavy (non-hydrogen) atoms. The molecule has 0 heterocycles. The summed E-state index contributed by atoms with van der Waals surface area (Å²) in [6.07, 6.45) is 0.500. The number of aliphatic hydroxyl groups is 1. The minimum Gasteiger partial charge on any atom is -0.481 e. The molecule has 1 rings (SSSR count). The average molecular weight is 229 g/mol. The van der Waals surface area contributed by atoms with E-state index >= 15 is 0 Å². The Hall–Kier alpha value is -1.10. The third-order valence-electron chi connectivity index (χ3n) is 2.70. The summed E-state index contributed by atoms with van der Waals surface area (Å²) in [4.78, 5) is 22.0. The van der Waals surface area contributed by atoms with E-state index in [1.54, 1.807) is 0 Å². The maximum absolute atomic E-state index is 11.4. The highest BCUT2D eigenvalue weighted by Crippen LogP contribution is 2.38. The molecule has 3 N–H and O–H groups in total. The topological polar surface area (TPSA) is 86.6 Å². The minimum absolute atomic E-state index is 0.208. The van der Waals surface area contributed by atoms with Crippen molar-refractivity contribution in [2.24, 2.45) is 17.8 Å². The van der Waals surface area contributed by atoms with Crippen LogP contribution in [0, 0.1) is 17.8 Å². The number of carbonyl (C=O) groups excluding carboxylic acids is 1. The van der Waals surface area contributed by atoms with E-state index in [0.717, 1.165) is 0 Å². The molecule has 0 aromatic carbocycles. The minimum atomic E-state index is -0.914. The van der Waals surface area contributed by atoms with E-state index < -0.39 is 23.9 Å². The first-order valence-electron chi connectivity index (χ1n) is 5.60. The van der Waals surface area contributed by atoms with Gasteiger partial charge in [-0.05, 0) is 18.8 Å². The van der Waals surface area contributed by atoms with Gasteiger partial charge in [-0.2, -0.15) is 0 Å². The van der Waals surface area contributed by atoms with Gasteiger partial charge in [0.25, 0.3) is 0 Å². The van der Waals surface area contributed by atoms with E-state index in [0.29, 0.717) is 18.8 Å². The predicted molar refractivity (Wildman–Crippen MR) is 57.7 cm³/mol. The van der Waals surface area contributed by atoms with Crippen LogP contribution in [0.1, 0.15) is 26.7 Å².